The summed E-state index contributed by atoms with van der Waals surface area (Å²) in [5.41, 5.74) is 1.77. The Balaban J connectivity index is 1.68. The first kappa shape index (κ1) is 10.8. The van der Waals surface area contributed by atoms with Gasteiger partial charge in [0.25, 0.3) is 0 Å². The third-order valence-corrected chi connectivity index (χ3v) is 3.40. The van der Waals surface area contributed by atoms with Gasteiger partial charge in [-0.1, -0.05) is 0 Å². The molecule has 0 amide bonds. The molecule has 0 bridgehead atoms. The molecule has 2 heterocycles. The molecule has 0 spiro atoms. The van der Waals surface area contributed by atoms with E-state index in [0.717, 1.165) is 30.7 Å². The molecule has 0 saturated carbocycles. The Hall–Kier alpha value is -0.740. The van der Waals surface area contributed by atoms with E-state index in [9.17, 15) is 4.79 Å². The van der Waals surface area contributed by atoms with E-state index in [-0.39, 0.29) is 0 Å². The Morgan fingerprint density at radius 1 is 1.67 bits per heavy atom. The van der Waals surface area contributed by atoms with Crippen LogP contribution in [0.5, 0.6) is 0 Å². The monoisotopic (exact) mass is 225 g/mol. The van der Waals surface area contributed by atoms with Crippen LogP contribution in [0.4, 0.5) is 0 Å². The van der Waals surface area contributed by atoms with Crippen LogP contribution in [0.1, 0.15) is 30.6 Å². The molecule has 15 heavy (non-hydrogen) atoms. The van der Waals surface area contributed by atoms with E-state index in [1.54, 1.807) is 23.0 Å². The molecule has 0 radical (unpaired) electrons. The maximum atomic E-state index is 11.6. The standard InChI is InChI=1S/C11H15NO2S/c13-9(6-11-7-12-8-15-11)3-4-10-2-1-5-14-10/h7-8,10H,1-6H2. The van der Waals surface area contributed by atoms with E-state index in [4.69, 9.17) is 4.74 Å². The van der Waals surface area contributed by atoms with Crippen molar-refractivity contribution in [3.05, 3.63) is 16.6 Å². The Kier molecular flexibility index (Phi) is 3.86. The maximum absolute atomic E-state index is 11.6. The van der Waals surface area contributed by atoms with Crippen LogP contribution in [0.2, 0.25) is 0 Å². The Morgan fingerprint density at radius 3 is 3.27 bits per heavy atom. The van der Waals surface area contributed by atoms with E-state index in [2.05, 4.69) is 4.98 Å². The zero-order valence-electron chi connectivity index (χ0n) is 8.65. The topological polar surface area (TPSA) is 39.2 Å². The van der Waals surface area contributed by atoms with Gasteiger partial charge in [0, 0.05) is 30.5 Å². The number of Topliss-reactive ketones (excluding diaryl/α,β-unsaturated/α-hetero) is 1. The predicted octanol–water partition coefficient (Wildman–Crippen LogP) is 2.21. The van der Waals surface area contributed by atoms with E-state index in [0.29, 0.717) is 24.7 Å². The average Bonchev–Trinajstić information content (AvgIpc) is 2.86. The lowest BCUT2D eigenvalue weighted by Crippen LogP contribution is -2.09. The molecule has 0 aromatic carbocycles. The van der Waals surface area contributed by atoms with Gasteiger partial charge in [0.2, 0.25) is 0 Å². The van der Waals surface area contributed by atoms with Crippen molar-refractivity contribution < 1.29 is 9.53 Å². The van der Waals surface area contributed by atoms with Gasteiger partial charge in [-0.15, -0.1) is 11.3 Å². The number of carbonyl (C=O) groups is 1. The number of carbonyl (C=O) groups excluding carboxylic acids is 1. The lowest BCUT2D eigenvalue weighted by Gasteiger charge is -2.07. The summed E-state index contributed by atoms with van der Waals surface area (Å²) in [6, 6.07) is 0. The highest BCUT2D eigenvalue weighted by atomic mass is 32.1. The molecule has 0 aliphatic carbocycles. The molecule has 1 aromatic rings. The molecule has 3 nitrogen and oxygen atoms in total. The summed E-state index contributed by atoms with van der Waals surface area (Å²) in [7, 11) is 0. The predicted molar refractivity (Wildman–Crippen MR) is 59.0 cm³/mol. The summed E-state index contributed by atoms with van der Waals surface area (Å²) < 4.78 is 5.48. The number of hydrogen-bond donors (Lipinski definition) is 0. The van der Waals surface area contributed by atoms with Gasteiger partial charge >= 0.3 is 0 Å². The van der Waals surface area contributed by atoms with Gasteiger partial charge < -0.3 is 4.74 Å². The number of ether oxygens (including phenoxy) is 1. The number of rotatable bonds is 5. The van der Waals surface area contributed by atoms with Gasteiger partial charge in [-0.2, -0.15) is 0 Å². The van der Waals surface area contributed by atoms with Crippen molar-refractivity contribution in [3.63, 3.8) is 0 Å². The van der Waals surface area contributed by atoms with Crippen molar-refractivity contribution in [1.82, 2.24) is 4.98 Å². The highest BCUT2D eigenvalue weighted by Crippen LogP contribution is 2.17. The largest absolute Gasteiger partial charge is 0.378 e. The fraction of sp³-hybridized carbons (Fsp3) is 0.636. The van der Waals surface area contributed by atoms with Crippen molar-refractivity contribution in [1.29, 1.82) is 0 Å². The van der Waals surface area contributed by atoms with Crippen molar-refractivity contribution in [2.45, 2.75) is 38.2 Å². The van der Waals surface area contributed by atoms with Gasteiger partial charge in [0.15, 0.2) is 0 Å². The third-order valence-electron chi connectivity index (χ3n) is 2.62. The van der Waals surface area contributed by atoms with Crippen LogP contribution in [-0.2, 0) is 16.0 Å². The SMILES string of the molecule is O=C(CCC1CCCO1)Cc1cncs1. The Morgan fingerprint density at radius 2 is 2.60 bits per heavy atom. The minimum absolute atomic E-state index is 0.301. The van der Waals surface area contributed by atoms with Crippen LogP contribution in [0, 0.1) is 0 Å². The summed E-state index contributed by atoms with van der Waals surface area (Å²) >= 11 is 1.55. The number of hydrogen-bond acceptors (Lipinski definition) is 4. The molecule has 1 aromatic heterocycles. The van der Waals surface area contributed by atoms with E-state index in [1.807, 2.05) is 0 Å². The molecule has 4 heteroatoms. The van der Waals surface area contributed by atoms with Gasteiger partial charge in [-0.3, -0.25) is 9.78 Å². The zero-order chi connectivity index (χ0) is 10.5. The second kappa shape index (κ2) is 5.37. The molecule has 1 aliphatic rings. The van der Waals surface area contributed by atoms with Gasteiger partial charge in [-0.05, 0) is 19.3 Å². The minimum Gasteiger partial charge on any atom is -0.378 e. The van der Waals surface area contributed by atoms with Crippen molar-refractivity contribution in [2.75, 3.05) is 6.61 Å². The summed E-state index contributed by atoms with van der Waals surface area (Å²) in [5, 5.41) is 0. The first-order valence-corrected chi connectivity index (χ1v) is 6.23. The number of thiazole rings is 1. The fourth-order valence-corrected chi connectivity index (χ4v) is 2.43. The van der Waals surface area contributed by atoms with Gasteiger partial charge in [-0.25, -0.2) is 0 Å². The maximum Gasteiger partial charge on any atom is 0.138 e. The molecule has 1 saturated heterocycles. The molecule has 1 atom stereocenters. The molecule has 82 valence electrons. The van der Waals surface area contributed by atoms with E-state index < -0.39 is 0 Å². The zero-order valence-corrected chi connectivity index (χ0v) is 9.46. The smallest absolute Gasteiger partial charge is 0.138 e. The van der Waals surface area contributed by atoms with Crippen molar-refractivity contribution >= 4 is 17.1 Å². The quantitative estimate of drug-likeness (QED) is 0.771. The highest BCUT2D eigenvalue weighted by molar-refractivity contribution is 7.09. The van der Waals surface area contributed by atoms with E-state index >= 15 is 0 Å². The summed E-state index contributed by atoms with van der Waals surface area (Å²) in [6.07, 6.45) is 6.43. The minimum atomic E-state index is 0.301. The fourth-order valence-electron chi connectivity index (χ4n) is 1.81. The molecular formula is C11H15NO2S. The second-order valence-corrected chi connectivity index (χ2v) is 4.83. The van der Waals surface area contributed by atoms with E-state index in [1.165, 1.54) is 0 Å². The van der Waals surface area contributed by atoms with Crippen LogP contribution in [0.3, 0.4) is 0 Å². The molecule has 2 rings (SSSR count). The highest BCUT2D eigenvalue weighted by Gasteiger charge is 2.16. The number of ketones is 1. The average molecular weight is 225 g/mol. The molecule has 1 unspecified atom stereocenters. The van der Waals surface area contributed by atoms with Gasteiger partial charge in [0.05, 0.1) is 11.6 Å². The summed E-state index contributed by atoms with van der Waals surface area (Å²) in [6.45, 7) is 0.869. The third kappa shape index (κ3) is 3.39. The number of aromatic nitrogens is 1. The molecular weight excluding hydrogens is 210 g/mol. The Bertz CT molecular complexity index is 304. The van der Waals surface area contributed by atoms with Gasteiger partial charge in [0.1, 0.15) is 5.78 Å². The lowest BCUT2D eigenvalue weighted by atomic mass is 10.1. The molecule has 1 aliphatic heterocycles. The number of nitrogens with zero attached hydrogens (tertiary/aromatic N) is 1. The molecule has 0 N–H and O–H groups in total. The van der Waals surface area contributed by atoms with Crippen LogP contribution >= 0.6 is 11.3 Å². The lowest BCUT2D eigenvalue weighted by molar-refractivity contribution is -0.119. The summed E-state index contributed by atoms with van der Waals surface area (Å²) in [5.74, 6) is 0.301. The summed E-state index contributed by atoms with van der Waals surface area (Å²) in [4.78, 5) is 16.6. The second-order valence-electron chi connectivity index (χ2n) is 3.86. The first-order chi connectivity index (χ1) is 7.34. The van der Waals surface area contributed by atoms with Crippen LogP contribution in [-0.4, -0.2) is 23.5 Å². The normalized spacial score (nSPS) is 20.7. The first-order valence-electron chi connectivity index (χ1n) is 5.35. The molecule has 1 fully saturated rings. The van der Waals surface area contributed by atoms with Crippen LogP contribution < -0.4 is 0 Å². The van der Waals surface area contributed by atoms with Crippen molar-refractivity contribution in [3.8, 4) is 0 Å². The van der Waals surface area contributed by atoms with Crippen LogP contribution in [0.15, 0.2) is 11.7 Å². The van der Waals surface area contributed by atoms with Crippen LogP contribution in [0.25, 0.3) is 0 Å². The van der Waals surface area contributed by atoms with Crippen molar-refractivity contribution in [2.24, 2.45) is 0 Å². The Labute approximate surface area is 93.5 Å².